The molecule has 158 valence electrons. The molecule has 1 aromatic carbocycles. The third kappa shape index (κ3) is 5.29. The molecule has 1 saturated heterocycles. The molecule has 0 saturated carbocycles. The van der Waals surface area contributed by atoms with Gasteiger partial charge in [0.25, 0.3) is 5.91 Å². The molecule has 1 amide bonds. The van der Waals surface area contributed by atoms with Crippen LogP contribution in [0.2, 0.25) is 0 Å². The molecule has 0 radical (unpaired) electrons. The van der Waals surface area contributed by atoms with Crippen LogP contribution < -0.4 is 10.1 Å². The highest BCUT2D eigenvalue weighted by Crippen LogP contribution is 2.27. The molecule has 3 rings (SSSR count). The molecule has 29 heavy (non-hydrogen) atoms. The van der Waals surface area contributed by atoms with E-state index in [9.17, 15) is 22.4 Å². The SMILES string of the molecule is C[C@H](CN1CCCCC1)NC(=O)c1ccc(COc2c(F)c(F)cc(F)c2F)o1. The lowest BCUT2D eigenvalue weighted by Crippen LogP contribution is -2.43. The zero-order valence-corrected chi connectivity index (χ0v) is 15.9. The van der Waals surface area contributed by atoms with E-state index in [1.165, 1.54) is 18.6 Å². The summed E-state index contributed by atoms with van der Waals surface area (Å²) in [5.74, 6) is -7.96. The van der Waals surface area contributed by atoms with Crippen LogP contribution in [-0.4, -0.2) is 36.5 Å². The first-order valence-corrected chi connectivity index (χ1v) is 9.43. The Hall–Kier alpha value is -2.55. The molecule has 1 atom stereocenters. The van der Waals surface area contributed by atoms with Gasteiger partial charge in [0, 0.05) is 18.7 Å². The summed E-state index contributed by atoms with van der Waals surface area (Å²) in [5.41, 5.74) is 0. The standard InChI is InChI=1S/C20H22F4N2O3/c1-12(10-26-7-3-2-4-8-26)25-20(27)16-6-5-13(29-16)11-28-19-17(23)14(21)9-15(22)18(19)24/h5-6,9,12H,2-4,7-8,10-11H2,1H3,(H,25,27)/t12-/m1/s1. The van der Waals surface area contributed by atoms with E-state index in [0.717, 1.165) is 32.5 Å². The lowest BCUT2D eigenvalue weighted by molar-refractivity contribution is 0.0893. The van der Waals surface area contributed by atoms with Crippen LogP contribution in [0.3, 0.4) is 0 Å². The van der Waals surface area contributed by atoms with Crippen molar-refractivity contribution in [1.82, 2.24) is 10.2 Å². The molecule has 0 unspecified atom stereocenters. The average molecular weight is 414 g/mol. The number of carbonyl (C=O) groups is 1. The van der Waals surface area contributed by atoms with E-state index in [2.05, 4.69) is 10.2 Å². The van der Waals surface area contributed by atoms with E-state index in [1.807, 2.05) is 6.92 Å². The van der Waals surface area contributed by atoms with Gasteiger partial charge in [-0.05, 0) is 45.0 Å². The van der Waals surface area contributed by atoms with Crippen molar-refractivity contribution in [3.63, 3.8) is 0 Å². The number of halogens is 4. The van der Waals surface area contributed by atoms with Crippen molar-refractivity contribution in [3.05, 3.63) is 53.0 Å². The van der Waals surface area contributed by atoms with Crippen LogP contribution in [0.4, 0.5) is 17.6 Å². The van der Waals surface area contributed by atoms with Gasteiger partial charge >= 0.3 is 0 Å². The van der Waals surface area contributed by atoms with Crippen molar-refractivity contribution >= 4 is 5.91 Å². The van der Waals surface area contributed by atoms with Crippen LogP contribution in [0.25, 0.3) is 0 Å². The summed E-state index contributed by atoms with van der Waals surface area (Å²) in [5, 5.41) is 2.83. The summed E-state index contributed by atoms with van der Waals surface area (Å²) in [6, 6.07) is 2.78. The molecule has 1 aromatic heterocycles. The molecule has 1 aliphatic heterocycles. The first-order valence-electron chi connectivity index (χ1n) is 9.43. The predicted octanol–water partition coefficient (Wildman–Crippen LogP) is 4.02. The fraction of sp³-hybridized carbons (Fsp3) is 0.450. The van der Waals surface area contributed by atoms with E-state index in [-0.39, 0.29) is 23.6 Å². The molecule has 1 fully saturated rings. The fourth-order valence-corrected chi connectivity index (χ4v) is 3.27. The summed E-state index contributed by atoms with van der Waals surface area (Å²) >= 11 is 0. The number of amides is 1. The number of nitrogens with zero attached hydrogens (tertiary/aromatic N) is 1. The van der Waals surface area contributed by atoms with Crippen LogP contribution in [0.5, 0.6) is 5.75 Å². The van der Waals surface area contributed by atoms with Crippen molar-refractivity contribution in [2.75, 3.05) is 19.6 Å². The molecule has 1 N–H and O–H groups in total. The second-order valence-electron chi connectivity index (χ2n) is 7.09. The number of carbonyl (C=O) groups excluding carboxylic acids is 1. The topological polar surface area (TPSA) is 54.7 Å². The maximum Gasteiger partial charge on any atom is 0.287 e. The molecule has 2 aromatic rings. The zero-order chi connectivity index (χ0) is 21.0. The summed E-state index contributed by atoms with van der Waals surface area (Å²) in [6.07, 6.45) is 3.53. The van der Waals surface area contributed by atoms with Crippen molar-refractivity contribution in [2.24, 2.45) is 0 Å². The van der Waals surface area contributed by atoms with Crippen LogP contribution in [0.15, 0.2) is 22.6 Å². The number of ether oxygens (including phenoxy) is 1. The summed E-state index contributed by atoms with van der Waals surface area (Å²) in [4.78, 5) is 14.6. The highest BCUT2D eigenvalue weighted by molar-refractivity contribution is 5.91. The molecule has 9 heteroatoms. The number of piperidine rings is 1. The van der Waals surface area contributed by atoms with Gasteiger partial charge < -0.3 is 19.4 Å². The lowest BCUT2D eigenvalue weighted by Gasteiger charge is -2.29. The van der Waals surface area contributed by atoms with Gasteiger partial charge in [-0.1, -0.05) is 6.42 Å². The molecule has 0 aliphatic carbocycles. The zero-order valence-electron chi connectivity index (χ0n) is 15.9. The normalized spacial score (nSPS) is 15.9. The van der Waals surface area contributed by atoms with Crippen molar-refractivity contribution in [2.45, 2.75) is 38.8 Å². The molecular weight excluding hydrogens is 392 g/mol. The van der Waals surface area contributed by atoms with Gasteiger partial charge in [0.1, 0.15) is 12.4 Å². The third-order valence-corrected chi connectivity index (χ3v) is 4.67. The minimum atomic E-state index is -1.64. The van der Waals surface area contributed by atoms with Crippen molar-refractivity contribution in [1.29, 1.82) is 0 Å². The number of furan rings is 1. The quantitative estimate of drug-likeness (QED) is 0.549. The van der Waals surface area contributed by atoms with Gasteiger partial charge in [-0.25, -0.2) is 8.78 Å². The Balaban J connectivity index is 1.56. The van der Waals surface area contributed by atoms with Crippen LogP contribution in [-0.2, 0) is 6.61 Å². The van der Waals surface area contributed by atoms with Gasteiger partial charge in [-0.2, -0.15) is 8.78 Å². The molecule has 1 aliphatic rings. The summed E-state index contributed by atoms with van der Waals surface area (Å²) in [6.45, 7) is 4.13. The summed E-state index contributed by atoms with van der Waals surface area (Å²) in [7, 11) is 0. The smallest absolute Gasteiger partial charge is 0.287 e. The highest BCUT2D eigenvalue weighted by Gasteiger charge is 2.22. The number of hydrogen-bond acceptors (Lipinski definition) is 4. The molecule has 5 nitrogen and oxygen atoms in total. The van der Waals surface area contributed by atoms with Gasteiger partial charge in [0.2, 0.25) is 11.6 Å². The van der Waals surface area contributed by atoms with Crippen LogP contribution in [0.1, 0.15) is 42.5 Å². The van der Waals surface area contributed by atoms with Gasteiger partial charge in [0.05, 0.1) is 0 Å². The molecule has 2 heterocycles. The number of nitrogens with one attached hydrogen (secondary N) is 1. The first kappa shape index (κ1) is 21.2. The third-order valence-electron chi connectivity index (χ3n) is 4.67. The number of likely N-dealkylation sites (tertiary alicyclic amines) is 1. The first-order chi connectivity index (χ1) is 13.8. The Labute approximate surface area is 165 Å². The second-order valence-corrected chi connectivity index (χ2v) is 7.09. The van der Waals surface area contributed by atoms with Gasteiger partial charge in [-0.3, -0.25) is 4.79 Å². The predicted molar refractivity (Wildman–Crippen MR) is 96.5 cm³/mol. The minimum Gasteiger partial charge on any atom is -0.479 e. The molecule has 0 bridgehead atoms. The van der Waals surface area contributed by atoms with Gasteiger partial charge in [-0.15, -0.1) is 0 Å². The van der Waals surface area contributed by atoms with E-state index in [1.54, 1.807) is 0 Å². The average Bonchev–Trinajstić information content (AvgIpc) is 3.16. The second kappa shape index (κ2) is 9.30. The largest absolute Gasteiger partial charge is 0.479 e. The van der Waals surface area contributed by atoms with Crippen molar-refractivity contribution < 1.29 is 31.5 Å². The Morgan fingerprint density at radius 3 is 2.45 bits per heavy atom. The Bertz CT molecular complexity index is 839. The number of benzene rings is 1. The fourth-order valence-electron chi connectivity index (χ4n) is 3.27. The Morgan fingerprint density at radius 2 is 1.79 bits per heavy atom. The molecular formula is C20H22F4N2O3. The van der Waals surface area contributed by atoms with Crippen LogP contribution in [0, 0.1) is 23.3 Å². The number of rotatable bonds is 7. The highest BCUT2D eigenvalue weighted by atomic mass is 19.2. The lowest BCUT2D eigenvalue weighted by atomic mass is 10.1. The van der Waals surface area contributed by atoms with Crippen LogP contribution >= 0.6 is 0 Å². The maximum atomic E-state index is 13.6. The monoisotopic (exact) mass is 414 g/mol. The van der Waals surface area contributed by atoms with Gasteiger partial charge in [0.15, 0.2) is 23.1 Å². The van der Waals surface area contributed by atoms with E-state index in [4.69, 9.17) is 9.15 Å². The number of hydrogen-bond donors (Lipinski definition) is 1. The van der Waals surface area contributed by atoms with Crippen molar-refractivity contribution in [3.8, 4) is 5.75 Å². The van der Waals surface area contributed by atoms with E-state index < -0.39 is 41.5 Å². The molecule has 0 spiro atoms. The maximum absolute atomic E-state index is 13.6. The Kier molecular flexibility index (Phi) is 6.79. The van der Waals surface area contributed by atoms with E-state index in [0.29, 0.717) is 0 Å². The van der Waals surface area contributed by atoms with E-state index >= 15 is 0 Å². The summed E-state index contributed by atoms with van der Waals surface area (Å²) < 4.78 is 63.8. The Morgan fingerprint density at radius 1 is 1.14 bits per heavy atom. The minimum absolute atomic E-state index is 0.000427.